The number of methoxy groups -OCH3 is 1. The predicted molar refractivity (Wildman–Crippen MR) is 73.4 cm³/mol. The second-order valence-corrected chi connectivity index (χ2v) is 4.73. The quantitative estimate of drug-likeness (QED) is 0.888. The van der Waals surface area contributed by atoms with Gasteiger partial charge in [-0.3, -0.25) is 0 Å². The lowest BCUT2D eigenvalue weighted by Crippen LogP contribution is -2.34. The molecule has 1 aromatic heterocycles. The van der Waals surface area contributed by atoms with Crippen molar-refractivity contribution in [3.05, 3.63) is 6.33 Å². The van der Waals surface area contributed by atoms with Gasteiger partial charge in [0.2, 0.25) is 5.75 Å². The Morgan fingerprint density at radius 3 is 2.61 bits per heavy atom. The van der Waals surface area contributed by atoms with Gasteiger partial charge in [-0.1, -0.05) is 19.3 Å². The summed E-state index contributed by atoms with van der Waals surface area (Å²) in [5, 5.41) is 3.04. The fourth-order valence-electron chi connectivity index (χ4n) is 2.62. The van der Waals surface area contributed by atoms with Crippen LogP contribution in [0.2, 0.25) is 0 Å². The molecule has 0 aromatic carbocycles. The summed E-state index contributed by atoms with van der Waals surface area (Å²) >= 11 is 0. The molecule has 1 aromatic rings. The van der Waals surface area contributed by atoms with Gasteiger partial charge in [0, 0.05) is 20.1 Å². The Balaban J connectivity index is 2.25. The van der Waals surface area contributed by atoms with Crippen molar-refractivity contribution in [2.75, 3.05) is 31.4 Å². The van der Waals surface area contributed by atoms with Gasteiger partial charge in [0.15, 0.2) is 11.6 Å². The van der Waals surface area contributed by atoms with Crippen molar-refractivity contribution in [1.82, 2.24) is 9.97 Å². The molecule has 0 atom stereocenters. The standard InChI is InChI=1S/C13H22N4O/c1-14-12-11(18-3)13(16-9-15-12)17(2)10-7-5-4-6-8-10/h9-10H,4-8H2,1-3H3,(H,14,15,16). The van der Waals surface area contributed by atoms with Gasteiger partial charge in [-0.15, -0.1) is 0 Å². The van der Waals surface area contributed by atoms with E-state index in [1.54, 1.807) is 13.4 Å². The Labute approximate surface area is 109 Å². The Morgan fingerprint density at radius 1 is 1.28 bits per heavy atom. The zero-order valence-electron chi connectivity index (χ0n) is 11.4. The number of nitrogens with one attached hydrogen (secondary N) is 1. The molecule has 1 saturated carbocycles. The molecule has 100 valence electrons. The van der Waals surface area contributed by atoms with Crippen LogP contribution < -0.4 is 15.0 Å². The van der Waals surface area contributed by atoms with Gasteiger partial charge < -0.3 is 15.0 Å². The molecular weight excluding hydrogens is 228 g/mol. The van der Waals surface area contributed by atoms with Crippen LogP contribution in [0.5, 0.6) is 5.75 Å². The Bertz CT molecular complexity index is 391. The summed E-state index contributed by atoms with van der Waals surface area (Å²) in [5.41, 5.74) is 0. The minimum Gasteiger partial charge on any atom is -0.490 e. The third kappa shape index (κ3) is 2.49. The maximum absolute atomic E-state index is 5.45. The summed E-state index contributed by atoms with van der Waals surface area (Å²) in [4.78, 5) is 10.8. The average Bonchev–Trinajstić information content (AvgIpc) is 2.46. The first-order chi connectivity index (χ1) is 8.77. The summed E-state index contributed by atoms with van der Waals surface area (Å²) in [5.74, 6) is 2.35. The summed E-state index contributed by atoms with van der Waals surface area (Å²) in [7, 11) is 5.60. The monoisotopic (exact) mass is 250 g/mol. The van der Waals surface area contributed by atoms with E-state index >= 15 is 0 Å². The van der Waals surface area contributed by atoms with Crippen LogP contribution in [0.15, 0.2) is 6.33 Å². The minimum absolute atomic E-state index is 0.562. The number of rotatable bonds is 4. The average molecular weight is 250 g/mol. The van der Waals surface area contributed by atoms with E-state index in [0.29, 0.717) is 6.04 Å². The molecule has 1 aliphatic rings. The predicted octanol–water partition coefficient (Wildman–Crippen LogP) is 2.30. The number of ether oxygens (including phenoxy) is 1. The molecule has 1 heterocycles. The van der Waals surface area contributed by atoms with Crippen LogP contribution in [-0.2, 0) is 0 Å². The van der Waals surface area contributed by atoms with Crippen molar-refractivity contribution in [2.24, 2.45) is 0 Å². The smallest absolute Gasteiger partial charge is 0.204 e. The molecule has 1 fully saturated rings. The molecule has 5 nitrogen and oxygen atoms in total. The molecule has 5 heteroatoms. The summed E-state index contributed by atoms with van der Waals surface area (Å²) in [6, 6.07) is 0.562. The lowest BCUT2D eigenvalue weighted by Gasteiger charge is -2.32. The molecule has 18 heavy (non-hydrogen) atoms. The zero-order chi connectivity index (χ0) is 13.0. The van der Waals surface area contributed by atoms with Gasteiger partial charge in [-0.2, -0.15) is 0 Å². The normalized spacial score (nSPS) is 16.4. The highest BCUT2D eigenvalue weighted by atomic mass is 16.5. The fourth-order valence-corrected chi connectivity index (χ4v) is 2.62. The zero-order valence-corrected chi connectivity index (χ0v) is 11.4. The molecule has 0 aliphatic heterocycles. The lowest BCUT2D eigenvalue weighted by molar-refractivity contribution is 0.398. The minimum atomic E-state index is 0.562. The highest BCUT2D eigenvalue weighted by molar-refractivity contribution is 5.64. The number of aromatic nitrogens is 2. The third-order valence-electron chi connectivity index (χ3n) is 3.68. The third-order valence-corrected chi connectivity index (χ3v) is 3.68. The number of hydrogen-bond donors (Lipinski definition) is 1. The van der Waals surface area contributed by atoms with Crippen LogP contribution in [0.1, 0.15) is 32.1 Å². The molecule has 1 aliphatic carbocycles. The maximum Gasteiger partial charge on any atom is 0.204 e. The topological polar surface area (TPSA) is 50.3 Å². The first-order valence-electron chi connectivity index (χ1n) is 6.57. The van der Waals surface area contributed by atoms with Crippen LogP contribution in [0.25, 0.3) is 0 Å². The molecule has 0 radical (unpaired) electrons. The number of nitrogens with zero attached hydrogens (tertiary/aromatic N) is 3. The summed E-state index contributed by atoms with van der Waals surface area (Å²) in [6.45, 7) is 0. The van der Waals surface area contributed by atoms with E-state index in [2.05, 4.69) is 27.2 Å². The number of hydrogen-bond acceptors (Lipinski definition) is 5. The first-order valence-corrected chi connectivity index (χ1v) is 6.57. The first kappa shape index (κ1) is 12.9. The molecular formula is C13H22N4O. The van der Waals surface area contributed by atoms with Crippen molar-refractivity contribution in [3.8, 4) is 5.75 Å². The van der Waals surface area contributed by atoms with Crippen molar-refractivity contribution < 1.29 is 4.74 Å². The fraction of sp³-hybridized carbons (Fsp3) is 0.692. The van der Waals surface area contributed by atoms with E-state index in [-0.39, 0.29) is 0 Å². The Hall–Kier alpha value is -1.52. The van der Waals surface area contributed by atoms with Crippen molar-refractivity contribution in [2.45, 2.75) is 38.1 Å². The highest BCUT2D eigenvalue weighted by Crippen LogP contribution is 2.34. The van der Waals surface area contributed by atoms with Crippen LogP contribution in [0, 0.1) is 0 Å². The van der Waals surface area contributed by atoms with Crippen LogP contribution >= 0.6 is 0 Å². The van der Waals surface area contributed by atoms with E-state index in [0.717, 1.165) is 17.4 Å². The molecule has 0 amide bonds. The van der Waals surface area contributed by atoms with E-state index < -0.39 is 0 Å². The van der Waals surface area contributed by atoms with Crippen molar-refractivity contribution in [1.29, 1.82) is 0 Å². The van der Waals surface area contributed by atoms with E-state index in [9.17, 15) is 0 Å². The van der Waals surface area contributed by atoms with Crippen molar-refractivity contribution >= 4 is 11.6 Å². The molecule has 0 spiro atoms. The second-order valence-electron chi connectivity index (χ2n) is 4.73. The molecule has 0 bridgehead atoms. The molecule has 1 N–H and O–H groups in total. The van der Waals surface area contributed by atoms with Gasteiger partial charge >= 0.3 is 0 Å². The van der Waals surface area contributed by atoms with Gasteiger partial charge in [-0.05, 0) is 12.8 Å². The Morgan fingerprint density at radius 2 is 2.00 bits per heavy atom. The van der Waals surface area contributed by atoms with Crippen molar-refractivity contribution in [3.63, 3.8) is 0 Å². The van der Waals surface area contributed by atoms with E-state index in [4.69, 9.17) is 4.74 Å². The molecule has 0 unspecified atom stereocenters. The summed E-state index contributed by atoms with van der Waals surface area (Å²) in [6.07, 6.45) is 8.02. The summed E-state index contributed by atoms with van der Waals surface area (Å²) < 4.78 is 5.45. The van der Waals surface area contributed by atoms with Crippen LogP contribution in [0.4, 0.5) is 11.6 Å². The highest BCUT2D eigenvalue weighted by Gasteiger charge is 2.23. The Kier molecular flexibility index (Phi) is 4.23. The van der Waals surface area contributed by atoms with Gasteiger partial charge in [-0.25, -0.2) is 9.97 Å². The van der Waals surface area contributed by atoms with E-state index in [1.807, 2.05) is 7.05 Å². The largest absolute Gasteiger partial charge is 0.490 e. The van der Waals surface area contributed by atoms with Crippen LogP contribution in [0.3, 0.4) is 0 Å². The maximum atomic E-state index is 5.45. The van der Waals surface area contributed by atoms with E-state index in [1.165, 1.54) is 32.1 Å². The SMILES string of the molecule is CNc1ncnc(N(C)C2CCCCC2)c1OC. The molecule has 2 rings (SSSR count). The van der Waals surface area contributed by atoms with Gasteiger partial charge in [0.25, 0.3) is 0 Å². The number of anilines is 2. The molecule has 0 saturated heterocycles. The second kappa shape index (κ2) is 5.89. The lowest BCUT2D eigenvalue weighted by atomic mass is 9.94. The van der Waals surface area contributed by atoms with Gasteiger partial charge in [0.05, 0.1) is 7.11 Å². The van der Waals surface area contributed by atoms with Gasteiger partial charge in [0.1, 0.15) is 6.33 Å². The van der Waals surface area contributed by atoms with Crippen LogP contribution in [-0.4, -0.2) is 37.2 Å².